The van der Waals surface area contributed by atoms with Crippen molar-refractivity contribution in [2.45, 2.75) is 32.6 Å². The number of ether oxygens (including phenoxy) is 1. The maximum Gasteiger partial charge on any atom is 0.350 e. The van der Waals surface area contributed by atoms with Gasteiger partial charge in [-0.15, -0.1) is 11.3 Å². The predicted octanol–water partition coefficient (Wildman–Crippen LogP) is 3.07. The van der Waals surface area contributed by atoms with Crippen LogP contribution in [0.5, 0.6) is 0 Å². The molecule has 0 bridgehead atoms. The van der Waals surface area contributed by atoms with Crippen molar-refractivity contribution in [1.29, 1.82) is 0 Å². The number of carbonyl (C=O) groups is 1. The Balaban J connectivity index is 2.22. The summed E-state index contributed by atoms with van der Waals surface area (Å²) in [5, 5.41) is 1.79. The van der Waals surface area contributed by atoms with E-state index in [-0.39, 0.29) is 5.97 Å². The molecule has 0 atom stereocenters. The van der Waals surface area contributed by atoms with Crippen molar-refractivity contribution in [1.82, 2.24) is 0 Å². The van der Waals surface area contributed by atoms with Crippen LogP contribution in [0.3, 0.4) is 0 Å². The zero-order chi connectivity index (χ0) is 11.1. The van der Waals surface area contributed by atoms with Crippen LogP contribution in [-0.2, 0) is 4.74 Å². The van der Waals surface area contributed by atoms with Crippen molar-refractivity contribution in [3.63, 3.8) is 0 Å². The number of hydrogen-bond donors (Lipinski definition) is 1. The fraction of sp³-hybridized carbons (Fsp3) is 0.545. The van der Waals surface area contributed by atoms with Crippen LogP contribution in [0.1, 0.15) is 42.3 Å². The molecular weight excluding hydrogens is 210 g/mol. The quantitative estimate of drug-likeness (QED) is 0.600. The lowest BCUT2D eigenvalue weighted by Gasteiger charge is -2.03. The molecule has 0 aliphatic heterocycles. The minimum absolute atomic E-state index is 0.293. The molecular formula is C11H17NO2S. The lowest BCUT2D eigenvalue weighted by atomic mass is 10.2. The van der Waals surface area contributed by atoms with E-state index < -0.39 is 0 Å². The van der Waals surface area contributed by atoms with Gasteiger partial charge in [0.05, 0.1) is 12.3 Å². The molecule has 0 fully saturated rings. The van der Waals surface area contributed by atoms with Crippen molar-refractivity contribution >= 4 is 23.0 Å². The minimum atomic E-state index is -0.293. The van der Waals surface area contributed by atoms with Gasteiger partial charge in [0.25, 0.3) is 0 Å². The summed E-state index contributed by atoms with van der Waals surface area (Å²) in [5.41, 5.74) is 6.12. The van der Waals surface area contributed by atoms with E-state index in [0.717, 1.165) is 12.8 Å². The van der Waals surface area contributed by atoms with E-state index >= 15 is 0 Å². The zero-order valence-electron chi connectivity index (χ0n) is 8.99. The molecule has 1 aromatic rings. The summed E-state index contributed by atoms with van der Waals surface area (Å²) < 4.78 is 5.11. The molecule has 0 radical (unpaired) electrons. The van der Waals surface area contributed by atoms with Crippen LogP contribution in [0.25, 0.3) is 0 Å². The largest absolute Gasteiger partial charge is 0.461 e. The molecule has 1 heterocycles. The Morgan fingerprint density at radius 1 is 1.47 bits per heavy atom. The van der Waals surface area contributed by atoms with Gasteiger partial charge >= 0.3 is 5.97 Å². The normalized spacial score (nSPS) is 10.2. The lowest BCUT2D eigenvalue weighted by Crippen LogP contribution is -2.06. The first-order chi connectivity index (χ1) is 7.25. The minimum Gasteiger partial charge on any atom is -0.461 e. The third kappa shape index (κ3) is 3.91. The van der Waals surface area contributed by atoms with Gasteiger partial charge in [0, 0.05) is 0 Å². The van der Waals surface area contributed by atoms with Crippen LogP contribution in [0.2, 0.25) is 0 Å². The van der Waals surface area contributed by atoms with Crippen molar-refractivity contribution in [2.24, 2.45) is 0 Å². The molecule has 0 aromatic carbocycles. The number of nitrogen functional groups attached to an aromatic ring is 1. The molecule has 0 saturated carbocycles. The average Bonchev–Trinajstić information content (AvgIpc) is 2.64. The molecule has 0 unspecified atom stereocenters. The maximum atomic E-state index is 11.5. The Morgan fingerprint density at radius 3 is 2.87 bits per heavy atom. The SMILES string of the molecule is CCCCCCOC(=O)c1sccc1N. The van der Waals surface area contributed by atoms with Gasteiger partial charge < -0.3 is 10.5 Å². The number of unbranched alkanes of at least 4 members (excludes halogenated alkanes) is 3. The Hall–Kier alpha value is -1.03. The fourth-order valence-electron chi connectivity index (χ4n) is 1.24. The van der Waals surface area contributed by atoms with Gasteiger partial charge in [-0.2, -0.15) is 0 Å². The highest BCUT2D eigenvalue weighted by molar-refractivity contribution is 7.12. The summed E-state index contributed by atoms with van der Waals surface area (Å²) in [7, 11) is 0. The highest BCUT2D eigenvalue weighted by atomic mass is 32.1. The van der Waals surface area contributed by atoms with E-state index in [9.17, 15) is 4.79 Å². The van der Waals surface area contributed by atoms with Crippen molar-refractivity contribution < 1.29 is 9.53 Å². The summed E-state index contributed by atoms with van der Waals surface area (Å²) in [6.07, 6.45) is 4.43. The molecule has 0 amide bonds. The molecule has 3 nitrogen and oxygen atoms in total. The molecule has 2 N–H and O–H groups in total. The van der Waals surface area contributed by atoms with Crippen molar-refractivity contribution in [3.8, 4) is 0 Å². The molecule has 0 aliphatic rings. The number of thiophene rings is 1. The Morgan fingerprint density at radius 2 is 2.27 bits per heavy atom. The maximum absolute atomic E-state index is 11.5. The van der Waals surface area contributed by atoms with Gasteiger partial charge in [-0.3, -0.25) is 0 Å². The molecule has 84 valence electrons. The Bertz CT molecular complexity index is 309. The van der Waals surface area contributed by atoms with Crippen LogP contribution >= 0.6 is 11.3 Å². The van der Waals surface area contributed by atoms with Gasteiger partial charge in [0.1, 0.15) is 4.88 Å². The van der Waals surface area contributed by atoms with Gasteiger partial charge in [0.15, 0.2) is 0 Å². The molecule has 0 aliphatic carbocycles. The van der Waals surface area contributed by atoms with Gasteiger partial charge in [0.2, 0.25) is 0 Å². The fourth-order valence-corrected chi connectivity index (χ4v) is 1.95. The molecule has 15 heavy (non-hydrogen) atoms. The second kappa shape index (κ2) is 6.45. The first-order valence-corrected chi connectivity index (χ1v) is 6.13. The predicted molar refractivity (Wildman–Crippen MR) is 63.2 cm³/mol. The number of hydrogen-bond acceptors (Lipinski definition) is 4. The summed E-state index contributed by atoms with van der Waals surface area (Å²) in [5.74, 6) is -0.293. The van der Waals surface area contributed by atoms with E-state index in [1.807, 2.05) is 0 Å². The van der Waals surface area contributed by atoms with Gasteiger partial charge in [-0.25, -0.2) is 4.79 Å². The third-order valence-electron chi connectivity index (χ3n) is 2.11. The van der Waals surface area contributed by atoms with E-state index in [4.69, 9.17) is 10.5 Å². The van der Waals surface area contributed by atoms with E-state index in [1.54, 1.807) is 11.4 Å². The average molecular weight is 227 g/mol. The van der Waals surface area contributed by atoms with Crippen LogP contribution in [-0.4, -0.2) is 12.6 Å². The van der Waals surface area contributed by atoms with E-state index in [1.165, 1.54) is 24.2 Å². The Labute approximate surface area is 94.2 Å². The molecule has 0 spiro atoms. The van der Waals surface area contributed by atoms with Crippen molar-refractivity contribution in [3.05, 3.63) is 16.3 Å². The van der Waals surface area contributed by atoms with Crippen LogP contribution < -0.4 is 5.73 Å². The van der Waals surface area contributed by atoms with Crippen molar-refractivity contribution in [2.75, 3.05) is 12.3 Å². The number of rotatable bonds is 6. The second-order valence-corrected chi connectivity index (χ2v) is 4.32. The topological polar surface area (TPSA) is 52.3 Å². The number of anilines is 1. The smallest absolute Gasteiger partial charge is 0.350 e. The summed E-state index contributed by atoms with van der Waals surface area (Å²) in [6.45, 7) is 2.65. The third-order valence-corrected chi connectivity index (χ3v) is 3.02. The summed E-state index contributed by atoms with van der Waals surface area (Å²) in [6, 6.07) is 1.72. The number of esters is 1. The number of carbonyl (C=O) groups excluding carboxylic acids is 1. The summed E-state index contributed by atoms with van der Waals surface area (Å²) >= 11 is 1.33. The highest BCUT2D eigenvalue weighted by Crippen LogP contribution is 2.19. The highest BCUT2D eigenvalue weighted by Gasteiger charge is 2.11. The molecule has 4 heteroatoms. The molecule has 1 aromatic heterocycles. The number of nitrogens with two attached hydrogens (primary N) is 1. The van der Waals surface area contributed by atoms with Crippen LogP contribution in [0, 0.1) is 0 Å². The van der Waals surface area contributed by atoms with E-state index in [0.29, 0.717) is 17.2 Å². The monoisotopic (exact) mass is 227 g/mol. The lowest BCUT2D eigenvalue weighted by molar-refractivity contribution is 0.0504. The van der Waals surface area contributed by atoms with Crippen LogP contribution in [0.15, 0.2) is 11.4 Å². The zero-order valence-corrected chi connectivity index (χ0v) is 9.81. The Kier molecular flexibility index (Phi) is 5.18. The standard InChI is InChI=1S/C11H17NO2S/c1-2-3-4-5-7-14-11(13)10-9(12)6-8-15-10/h6,8H,2-5,7,12H2,1H3. The van der Waals surface area contributed by atoms with Gasteiger partial charge in [-0.05, 0) is 17.9 Å². The first kappa shape index (κ1) is 12.0. The summed E-state index contributed by atoms with van der Waals surface area (Å²) in [4.78, 5) is 12.0. The van der Waals surface area contributed by atoms with E-state index in [2.05, 4.69) is 6.92 Å². The molecule has 1 rings (SSSR count). The second-order valence-electron chi connectivity index (χ2n) is 3.40. The molecule has 0 saturated heterocycles. The van der Waals surface area contributed by atoms with Crippen LogP contribution in [0.4, 0.5) is 5.69 Å². The first-order valence-electron chi connectivity index (χ1n) is 5.25. The van der Waals surface area contributed by atoms with Gasteiger partial charge in [-0.1, -0.05) is 26.2 Å².